The molecular weight excluding hydrogens is 489 g/mol. The zero-order valence-corrected chi connectivity index (χ0v) is 23.6. The van der Waals surface area contributed by atoms with Crippen molar-refractivity contribution in [2.75, 3.05) is 0 Å². The Morgan fingerprint density at radius 1 is 0.886 bits per heavy atom. The minimum atomic E-state index is -2.13. The number of benzene rings is 3. The summed E-state index contributed by atoms with van der Waals surface area (Å²) in [6.07, 6.45) is 6.77. The Labute approximate surface area is 210 Å². The summed E-state index contributed by atoms with van der Waals surface area (Å²) in [5.41, 5.74) is 6.53. The summed E-state index contributed by atoms with van der Waals surface area (Å²) < 4.78 is 8.04. The van der Waals surface area contributed by atoms with Crippen LogP contribution in [0.3, 0.4) is 0 Å². The Hall–Kier alpha value is -2.66. The van der Waals surface area contributed by atoms with E-state index in [9.17, 15) is 0 Å². The first-order valence-corrected chi connectivity index (χ1v) is 20.2. The molecule has 1 fully saturated rings. The number of fused-ring (bicyclic) bond motifs is 4. The molecule has 0 saturated heterocycles. The summed E-state index contributed by atoms with van der Waals surface area (Å²) in [5.74, 6) is 7.98. The van der Waals surface area contributed by atoms with E-state index in [0.29, 0.717) is 11.3 Å². The first kappa shape index (κ1) is 22.8. The zero-order valence-electron chi connectivity index (χ0n) is 21.5. The van der Waals surface area contributed by atoms with Gasteiger partial charge >= 0.3 is 192 Å². The Morgan fingerprint density at radius 2 is 1.66 bits per heavy atom. The molecule has 2 aromatic heterocycles. The van der Waals surface area contributed by atoms with Gasteiger partial charge in [0.25, 0.3) is 0 Å². The fourth-order valence-corrected chi connectivity index (χ4v) is 9.26. The summed E-state index contributed by atoms with van der Waals surface area (Å²) in [5, 5.41) is 3.72. The van der Waals surface area contributed by atoms with Gasteiger partial charge in [-0.1, -0.05) is 13.8 Å². The van der Waals surface area contributed by atoms with Crippen LogP contribution in [-0.4, -0.2) is 23.2 Å². The van der Waals surface area contributed by atoms with E-state index in [2.05, 4.69) is 90.7 Å². The third kappa shape index (κ3) is 4.08. The van der Waals surface area contributed by atoms with Gasteiger partial charge in [-0.2, -0.15) is 0 Å². The Bertz CT molecular complexity index is 1560. The third-order valence-corrected chi connectivity index (χ3v) is 12.3. The molecule has 0 bridgehead atoms. The molecule has 0 unspecified atom stereocenters. The molecular formula is C31H34GeN2O. The van der Waals surface area contributed by atoms with E-state index in [4.69, 9.17) is 9.40 Å². The number of aromatic nitrogens is 2. The van der Waals surface area contributed by atoms with Gasteiger partial charge in [-0.25, -0.2) is 0 Å². The molecule has 1 aliphatic rings. The fourth-order valence-electron chi connectivity index (χ4n) is 5.85. The molecule has 0 radical (unpaired) electrons. The van der Waals surface area contributed by atoms with Crippen LogP contribution >= 0.6 is 0 Å². The molecule has 35 heavy (non-hydrogen) atoms. The molecule has 0 spiro atoms. The van der Waals surface area contributed by atoms with Gasteiger partial charge < -0.3 is 0 Å². The number of hydrogen-bond acceptors (Lipinski definition) is 3. The maximum absolute atomic E-state index is 6.54. The average molecular weight is 523 g/mol. The standard InChI is InChI=1S/C31H34GeN2O/c1-31(2)14-12-20(13-15-31)21-10-11-25-27(18-21)35-30-28(33-19-34-29(25)30)23-16-22-8-6-7-9-24(22)26(17-23)32(3,4)5/h6-11,16-20H,12-15H2,1-5H3. The summed E-state index contributed by atoms with van der Waals surface area (Å²) in [6, 6.07) is 20.1. The van der Waals surface area contributed by atoms with Gasteiger partial charge in [0.2, 0.25) is 0 Å². The molecule has 178 valence electrons. The fraction of sp³-hybridized carbons (Fsp3) is 0.355. The molecule has 1 saturated carbocycles. The summed E-state index contributed by atoms with van der Waals surface area (Å²) in [7, 11) is 0. The predicted molar refractivity (Wildman–Crippen MR) is 150 cm³/mol. The second kappa shape index (κ2) is 8.19. The van der Waals surface area contributed by atoms with Crippen LogP contribution in [0.1, 0.15) is 51.0 Å². The van der Waals surface area contributed by atoms with E-state index in [-0.39, 0.29) is 0 Å². The van der Waals surface area contributed by atoms with Crippen molar-refractivity contribution >= 4 is 50.5 Å². The predicted octanol–water partition coefficient (Wildman–Crippen LogP) is 8.43. The van der Waals surface area contributed by atoms with Gasteiger partial charge in [0, 0.05) is 0 Å². The Kier molecular flexibility index (Phi) is 5.33. The SMILES string of the molecule is CC1(C)CCC(c2ccc3c(c2)oc2c(-c4c[c]([Ge]([CH3])([CH3])[CH3])c5ccccc5c4)ncnc23)CC1. The van der Waals surface area contributed by atoms with Crippen LogP contribution in [0, 0.1) is 5.41 Å². The molecule has 1 aliphatic carbocycles. The van der Waals surface area contributed by atoms with Crippen molar-refractivity contribution in [2.24, 2.45) is 5.41 Å². The monoisotopic (exact) mass is 524 g/mol. The maximum atomic E-state index is 6.54. The van der Waals surface area contributed by atoms with Crippen LogP contribution in [0.2, 0.25) is 17.3 Å². The molecule has 0 aliphatic heterocycles. The first-order valence-electron chi connectivity index (χ1n) is 12.9. The second-order valence-electron chi connectivity index (χ2n) is 12.2. The molecule has 3 aromatic carbocycles. The van der Waals surface area contributed by atoms with Gasteiger partial charge in [-0.05, 0) is 5.41 Å². The van der Waals surface area contributed by atoms with E-state index in [1.54, 1.807) is 6.33 Å². The molecule has 0 amide bonds. The number of rotatable bonds is 3. The van der Waals surface area contributed by atoms with E-state index >= 15 is 0 Å². The minimum absolute atomic E-state index is 0.472. The van der Waals surface area contributed by atoms with Crippen molar-refractivity contribution in [1.29, 1.82) is 0 Å². The second-order valence-corrected chi connectivity index (χ2v) is 22.8. The van der Waals surface area contributed by atoms with Crippen LogP contribution in [0.5, 0.6) is 0 Å². The van der Waals surface area contributed by atoms with Crippen LogP contribution < -0.4 is 4.40 Å². The summed E-state index contributed by atoms with van der Waals surface area (Å²) in [6.45, 7) is 4.79. The zero-order chi connectivity index (χ0) is 24.4. The van der Waals surface area contributed by atoms with Gasteiger partial charge in [-0.15, -0.1) is 0 Å². The number of nitrogens with zero attached hydrogens (tertiary/aromatic N) is 2. The van der Waals surface area contributed by atoms with E-state index in [1.807, 2.05) is 0 Å². The van der Waals surface area contributed by atoms with E-state index < -0.39 is 13.3 Å². The van der Waals surface area contributed by atoms with Crippen molar-refractivity contribution in [3.05, 3.63) is 66.5 Å². The molecule has 5 aromatic rings. The van der Waals surface area contributed by atoms with Crippen molar-refractivity contribution in [3.63, 3.8) is 0 Å². The molecule has 4 heteroatoms. The normalized spacial score (nSPS) is 16.9. The molecule has 0 N–H and O–H groups in total. The van der Waals surface area contributed by atoms with Gasteiger partial charge in [0.1, 0.15) is 0 Å². The van der Waals surface area contributed by atoms with Crippen molar-refractivity contribution in [1.82, 2.24) is 9.97 Å². The number of hydrogen-bond donors (Lipinski definition) is 0. The first-order chi connectivity index (χ1) is 16.7. The quantitative estimate of drug-likeness (QED) is 0.223. The Balaban J connectivity index is 1.49. The van der Waals surface area contributed by atoms with Gasteiger partial charge in [-0.3, -0.25) is 0 Å². The molecule has 0 atom stereocenters. The topological polar surface area (TPSA) is 38.9 Å². The van der Waals surface area contributed by atoms with Crippen molar-refractivity contribution in [3.8, 4) is 11.3 Å². The van der Waals surface area contributed by atoms with Crippen LogP contribution in [0.25, 0.3) is 44.1 Å². The Morgan fingerprint density at radius 3 is 2.43 bits per heavy atom. The summed E-state index contributed by atoms with van der Waals surface area (Å²) >= 11 is -2.13. The van der Waals surface area contributed by atoms with Gasteiger partial charge in [0.15, 0.2) is 0 Å². The van der Waals surface area contributed by atoms with Crippen molar-refractivity contribution < 1.29 is 4.42 Å². The van der Waals surface area contributed by atoms with Crippen LogP contribution in [-0.2, 0) is 0 Å². The molecule has 6 rings (SSSR count). The number of furan rings is 1. The average Bonchev–Trinajstić information content (AvgIpc) is 3.20. The van der Waals surface area contributed by atoms with Crippen LogP contribution in [0.4, 0.5) is 0 Å². The van der Waals surface area contributed by atoms with Crippen LogP contribution in [0.15, 0.2) is 65.3 Å². The molecule has 3 nitrogen and oxygen atoms in total. The van der Waals surface area contributed by atoms with Crippen molar-refractivity contribution in [2.45, 2.75) is 62.7 Å². The van der Waals surface area contributed by atoms with E-state index in [1.165, 1.54) is 46.4 Å². The van der Waals surface area contributed by atoms with Gasteiger partial charge in [0.05, 0.1) is 0 Å². The summed E-state index contributed by atoms with van der Waals surface area (Å²) in [4.78, 5) is 9.40. The third-order valence-electron chi connectivity index (χ3n) is 8.03. The van der Waals surface area contributed by atoms with E-state index in [0.717, 1.165) is 33.3 Å². The molecule has 2 heterocycles.